The number of rotatable bonds is 10. The fraction of sp³-hybridized carbons (Fsp3) is 0.545. The average Bonchev–Trinajstić information content (AvgIpc) is 3.02. The first-order chi connectivity index (χ1) is 20.9. The highest BCUT2D eigenvalue weighted by Gasteiger charge is 2.43. The Morgan fingerprint density at radius 2 is 1.86 bits per heavy atom. The third-order valence-corrected chi connectivity index (χ3v) is 8.61. The van der Waals surface area contributed by atoms with Crippen molar-refractivity contribution in [1.82, 2.24) is 20.7 Å². The van der Waals surface area contributed by atoms with Crippen molar-refractivity contribution in [2.45, 2.75) is 96.9 Å². The van der Waals surface area contributed by atoms with E-state index in [1.165, 1.54) is 5.01 Å². The van der Waals surface area contributed by atoms with Gasteiger partial charge in [0.25, 0.3) is 11.8 Å². The molecule has 44 heavy (non-hydrogen) atoms. The number of carbonyl (C=O) groups is 4. The number of nitrogens with zero attached hydrogens (tertiary/aromatic N) is 2. The van der Waals surface area contributed by atoms with Gasteiger partial charge in [-0.2, -0.15) is 0 Å². The Morgan fingerprint density at radius 1 is 1.16 bits per heavy atom. The molecular weight excluding hydrogens is 562 g/mol. The van der Waals surface area contributed by atoms with E-state index >= 15 is 0 Å². The van der Waals surface area contributed by atoms with Gasteiger partial charge in [0, 0.05) is 17.6 Å². The first kappa shape index (κ1) is 33.1. The SMILES string of the molecule is CCc1ccc2ccc(C=CC3(C(=O)OC(C(=O)NC(C)C(=O)N4CCCC(C(N)=O)N4)C(C)C)CCC(O)CC3)cc2n1. The van der Waals surface area contributed by atoms with Gasteiger partial charge in [-0.1, -0.05) is 51.1 Å². The van der Waals surface area contributed by atoms with Crippen LogP contribution in [0.3, 0.4) is 0 Å². The summed E-state index contributed by atoms with van der Waals surface area (Å²) in [5.74, 6) is -2.47. The van der Waals surface area contributed by atoms with Gasteiger partial charge in [0.1, 0.15) is 12.1 Å². The van der Waals surface area contributed by atoms with Gasteiger partial charge in [-0.3, -0.25) is 29.2 Å². The number of hydrogen-bond donors (Lipinski definition) is 4. The Hall–Kier alpha value is -3.83. The lowest BCUT2D eigenvalue weighted by Crippen LogP contribution is -2.60. The zero-order chi connectivity index (χ0) is 32.0. The maximum Gasteiger partial charge on any atom is 0.316 e. The van der Waals surface area contributed by atoms with Gasteiger partial charge >= 0.3 is 5.97 Å². The van der Waals surface area contributed by atoms with Gasteiger partial charge in [0.05, 0.1) is 17.0 Å². The van der Waals surface area contributed by atoms with Crippen molar-refractivity contribution < 1.29 is 29.0 Å². The molecule has 2 fully saturated rings. The number of carbonyl (C=O) groups excluding carboxylic acids is 4. The van der Waals surface area contributed by atoms with E-state index in [1.54, 1.807) is 20.8 Å². The molecule has 11 nitrogen and oxygen atoms in total. The van der Waals surface area contributed by atoms with E-state index in [-0.39, 0.29) is 5.92 Å². The zero-order valence-electron chi connectivity index (χ0n) is 26.0. The summed E-state index contributed by atoms with van der Waals surface area (Å²) < 4.78 is 5.92. The van der Waals surface area contributed by atoms with Crippen LogP contribution in [0, 0.1) is 11.3 Å². The normalized spacial score (nSPS) is 23.8. The van der Waals surface area contributed by atoms with Crippen LogP contribution in [-0.2, 0) is 30.3 Å². The Balaban J connectivity index is 1.49. The van der Waals surface area contributed by atoms with Gasteiger partial charge < -0.3 is 20.9 Å². The number of esters is 1. The number of aromatic nitrogens is 1. The summed E-state index contributed by atoms with van der Waals surface area (Å²) in [4.78, 5) is 56.6. The first-order valence-corrected chi connectivity index (χ1v) is 15.6. The Morgan fingerprint density at radius 3 is 2.52 bits per heavy atom. The second-order valence-electron chi connectivity index (χ2n) is 12.3. The molecule has 2 aliphatic rings. The first-order valence-electron chi connectivity index (χ1n) is 15.6. The summed E-state index contributed by atoms with van der Waals surface area (Å²) in [5, 5.41) is 15.2. The molecule has 1 aliphatic heterocycles. The number of nitrogens with one attached hydrogen (secondary N) is 2. The van der Waals surface area contributed by atoms with Gasteiger partial charge in [-0.05, 0) is 75.5 Å². The molecule has 1 aliphatic carbocycles. The molecule has 1 aromatic heterocycles. The van der Waals surface area contributed by atoms with E-state index in [2.05, 4.69) is 17.7 Å². The number of aliphatic hydroxyl groups excluding tert-OH is 1. The lowest BCUT2D eigenvalue weighted by atomic mass is 9.72. The lowest BCUT2D eigenvalue weighted by Gasteiger charge is -2.36. The third kappa shape index (κ3) is 7.81. The molecule has 0 bridgehead atoms. The standard InChI is InChI=1S/C33H45N5O6/c1-5-24-11-10-23-9-8-22(19-27(23)36-24)12-15-33(16-13-25(39)14-17-33)32(43)44-28(20(2)3)30(41)35-21(4)31(42)38-18-6-7-26(37-38)29(34)40/h8-12,15,19-21,25-26,28,37,39H,5-7,13-14,16-18H2,1-4H3,(H2,34,40)(H,35,41). The van der Waals surface area contributed by atoms with Crippen LogP contribution in [0.5, 0.6) is 0 Å². The maximum absolute atomic E-state index is 13.9. The molecule has 238 valence electrons. The van der Waals surface area contributed by atoms with Crippen LogP contribution >= 0.6 is 0 Å². The average molecular weight is 608 g/mol. The van der Waals surface area contributed by atoms with Crippen LogP contribution < -0.4 is 16.5 Å². The molecule has 0 radical (unpaired) electrons. The summed E-state index contributed by atoms with van der Waals surface area (Å²) in [7, 11) is 0. The van der Waals surface area contributed by atoms with Crippen molar-refractivity contribution in [1.29, 1.82) is 0 Å². The van der Waals surface area contributed by atoms with Gasteiger partial charge in [0.15, 0.2) is 6.10 Å². The Labute approximate surface area is 258 Å². The molecule has 2 heterocycles. The van der Waals surface area contributed by atoms with Crippen LogP contribution in [0.1, 0.15) is 77.5 Å². The van der Waals surface area contributed by atoms with Crippen molar-refractivity contribution >= 4 is 40.7 Å². The van der Waals surface area contributed by atoms with E-state index < -0.39 is 53.4 Å². The van der Waals surface area contributed by atoms with Gasteiger partial charge in [0.2, 0.25) is 5.91 Å². The summed E-state index contributed by atoms with van der Waals surface area (Å²) in [6.45, 7) is 7.52. The predicted octanol–water partition coefficient (Wildman–Crippen LogP) is 2.79. The number of aryl methyl sites for hydroxylation is 1. The highest BCUT2D eigenvalue weighted by molar-refractivity contribution is 5.91. The topological polar surface area (TPSA) is 164 Å². The second-order valence-corrected chi connectivity index (χ2v) is 12.3. The number of hydrazine groups is 1. The quantitative estimate of drug-likeness (QED) is 0.300. The molecule has 1 aromatic carbocycles. The molecule has 3 amide bonds. The van der Waals surface area contributed by atoms with Crippen LogP contribution in [0.4, 0.5) is 0 Å². The highest BCUT2D eigenvalue weighted by Crippen LogP contribution is 2.40. The number of aliphatic hydroxyl groups is 1. The van der Waals surface area contributed by atoms with Crippen LogP contribution in [0.25, 0.3) is 17.0 Å². The fourth-order valence-corrected chi connectivity index (χ4v) is 5.76. The Bertz CT molecular complexity index is 1400. The minimum Gasteiger partial charge on any atom is -0.451 e. The zero-order valence-corrected chi connectivity index (χ0v) is 26.0. The number of pyridine rings is 1. The van der Waals surface area contributed by atoms with Crippen LogP contribution in [0.15, 0.2) is 36.4 Å². The number of benzene rings is 1. The molecule has 1 saturated carbocycles. The summed E-state index contributed by atoms with van der Waals surface area (Å²) in [6, 6.07) is 8.40. The minimum absolute atomic E-state index is 0.372. The monoisotopic (exact) mass is 607 g/mol. The van der Waals surface area contributed by atoms with E-state index in [1.807, 2.05) is 42.5 Å². The second kappa shape index (κ2) is 14.3. The highest BCUT2D eigenvalue weighted by atomic mass is 16.5. The molecule has 2 aromatic rings. The summed E-state index contributed by atoms with van der Waals surface area (Å²) in [5.41, 5.74) is 9.94. The number of hydrogen-bond acceptors (Lipinski definition) is 8. The van der Waals surface area contributed by atoms with Crippen molar-refractivity contribution in [3.05, 3.63) is 47.7 Å². The summed E-state index contributed by atoms with van der Waals surface area (Å²) in [6.07, 6.45) is 5.63. The fourth-order valence-electron chi connectivity index (χ4n) is 5.76. The molecule has 4 rings (SSSR count). The molecule has 5 N–H and O–H groups in total. The summed E-state index contributed by atoms with van der Waals surface area (Å²) >= 11 is 0. The van der Waals surface area contributed by atoms with Crippen LogP contribution in [0.2, 0.25) is 0 Å². The number of ether oxygens (including phenoxy) is 1. The lowest BCUT2D eigenvalue weighted by molar-refractivity contribution is -0.168. The smallest absolute Gasteiger partial charge is 0.316 e. The third-order valence-electron chi connectivity index (χ3n) is 8.61. The maximum atomic E-state index is 13.9. The van der Waals surface area contributed by atoms with Crippen molar-refractivity contribution in [3.8, 4) is 0 Å². The number of primary amides is 1. The predicted molar refractivity (Wildman–Crippen MR) is 166 cm³/mol. The number of nitrogens with two attached hydrogens (primary N) is 1. The van der Waals surface area contributed by atoms with Crippen LogP contribution in [-0.4, -0.2) is 69.6 Å². The van der Waals surface area contributed by atoms with Crippen molar-refractivity contribution in [2.24, 2.45) is 17.1 Å². The largest absolute Gasteiger partial charge is 0.451 e. The minimum atomic E-state index is -1.14. The van der Waals surface area contributed by atoms with E-state index in [0.717, 1.165) is 28.6 Å². The molecule has 11 heteroatoms. The molecule has 0 spiro atoms. The van der Waals surface area contributed by atoms with Crippen molar-refractivity contribution in [3.63, 3.8) is 0 Å². The van der Waals surface area contributed by atoms with E-state index in [9.17, 15) is 24.3 Å². The molecular formula is C33H45N5O6. The Kier molecular flexibility index (Phi) is 10.7. The number of fused-ring (bicyclic) bond motifs is 1. The van der Waals surface area contributed by atoms with Crippen molar-refractivity contribution in [2.75, 3.05) is 6.54 Å². The van der Waals surface area contributed by atoms with E-state index in [4.69, 9.17) is 15.5 Å². The van der Waals surface area contributed by atoms with Gasteiger partial charge in [-0.25, -0.2) is 5.43 Å². The molecule has 1 saturated heterocycles. The van der Waals surface area contributed by atoms with E-state index in [0.29, 0.717) is 45.1 Å². The number of amides is 3. The van der Waals surface area contributed by atoms with Gasteiger partial charge in [-0.15, -0.1) is 0 Å². The molecule has 3 unspecified atom stereocenters. The molecule has 3 atom stereocenters.